The first-order chi connectivity index (χ1) is 21.9. The van der Waals surface area contributed by atoms with Crippen LogP contribution in [0.4, 0.5) is 0 Å². The summed E-state index contributed by atoms with van der Waals surface area (Å²) in [6.07, 6.45) is 5.40. The summed E-state index contributed by atoms with van der Waals surface area (Å²) in [5, 5.41) is 19.0. The molecule has 5 rings (SSSR count). The number of rotatable bonds is 11. The van der Waals surface area contributed by atoms with Gasteiger partial charge in [0.2, 0.25) is 0 Å². The van der Waals surface area contributed by atoms with Gasteiger partial charge in [-0.1, -0.05) is 34.1 Å². The second-order valence-electron chi connectivity index (χ2n) is 14.0. The lowest BCUT2D eigenvalue weighted by molar-refractivity contribution is 0.00578. The molecule has 46 heavy (non-hydrogen) atoms. The van der Waals surface area contributed by atoms with E-state index in [2.05, 4.69) is 73.3 Å². The van der Waals surface area contributed by atoms with Gasteiger partial charge in [-0.2, -0.15) is 0 Å². The summed E-state index contributed by atoms with van der Waals surface area (Å²) < 4.78 is 25.4. The highest BCUT2D eigenvalue weighted by Gasteiger charge is 2.52. The van der Waals surface area contributed by atoms with Crippen molar-refractivity contribution in [1.82, 2.24) is 9.80 Å². The lowest BCUT2D eigenvalue weighted by Crippen LogP contribution is -2.41. The third-order valence-electron chi connectivity index (χ3n) is 9.92. The van der Waals surface area contributed by atoms with Gasteiger partial charge in [0, 0.05) is 49.3 Å². The average Bonchev–Trinajstić information content (AvgIpc) is 3.24. The fraction of sp³-hybridized carbons (Fsp3) is 0.667. The third-order valence-corrected chi connectivity index (χ3v) is 10.8. The van der Waals surface area contributed by atoms with Crippen LogP contribution >= 0.6 is 15.9 Å². The Labute approximate surface area is 286 Å². The number of nitrogens with zero attached hydrogens (tertiary/aromatic N) is 2. The van der Waals surface area contributed by atoms with Crippen LogP contribution < -0.4 is 14.9 Å². The molecule has 3 saturated heterocycles. The van der Waals surface area contributed by atoms with Crippen LogP contribution in [0, 0.1) is 13.8 Å². The summed E-state index contributed by atoms with van der Waals surface area (Å²) in [5.41, 5.74) is 2.59. The maximum absolute atomic E-state index is 9.59. The maximum Gasteiger partial charge on any atom is 0.495 e. The second kappa shape index (κ2) is 17.1. The summed E-state index contributed by atoms with van der Waals surface area (Å²) in [4.78, 5) is 4.81. The van der Waals surface area contributed by atoms with Crippen LogP contribution in [0.5, 0.6) is 11.5 Å². The Balaban J connectivity index is 0.000000222. The van der Waals surface area contributed by atoms with Gasteiger partial charge in [0.1, 0.15) is 11.5 Å². The molecule has 3 heterocycles. The molecule has 0 atom stereocenters. The molecule has 0 amide bonds. The fourth-order valence-electron chi connectivity index (χ4n) is 5.98. The molecule has 2 N–H and O–H groups in total. The quantitative estimate of drug-likeness (QED) is 0.235. The molecular weight excluding hydrogens is 647 g/mol. The number of aliphatic hydroxyl groups is 2. The van der Waals surface area contributed by atoms with Gasteiger partial charge in [-0.15, -0.1) is 0 Å². The highest BCUT2D eigenvalue weighted by atomic mass is 79.9. The van der Waals surface area contributed by atoms with Crippen LogP contribution in [0.3, 0.4) is 0 Å². The smallest absolute Gasteiger partial charge is 0.493 e. The highest BCUT2D eigenvalue weighted by molar-refractivity contribution is 9.10. The van der Waals surface area contributed by atoms with Crippen molar-refractivity contribution in [3.8, 4) is 11.5 Å². The number of aliphatic hydroxyl groups excluding tert-OH is 2. The first kappa shape index (κ1) is 37.2. The number of hydrogen-bond acceptors (Lipinski definition) is 8. The van der Waals surface area contributed by atoms with E-state index in [9.17, 15) is 10.2 Å². The van der Waals surface area contributed by atoms with E-state index in [1.165, 1.54) is 0 Å². The number of hydrogen-bond donors (Lipinski definition) is 2. The molecule has 10 heteroatoms. The number of piperidine rings is 2. The number of ether oxygens (including phenoxy) is 2. The first-order valence-electron chi connectivity index (χ1n) is 17.1. The summed E-state index contributed by atoms with van der Waals surface area (Å²) in [5.74, 6) is 1.86. The number of halogens is 1. The zero-order valence-corrected chi connectivity index (χ0v) is 30.5. The molecule has 256 valence electrons. The van der Waals surface area contributed by atoms with E-state index in [-0.39, 0.29) is 30.5 Å². The van der Waals surface area contributed by atoms with E-state index >= 15 is 0 Å². The van der Waals surface area contributed by atoms with E-state index in [4.69, 9.17) is 18.8 Å². The molecule has 0 radical (unpaired) electrons. The van der Waals surface area contributed by atoms with Gasteiger partial charge in [0.15, 0.2) is 0 Å². The predicted molar refractivity (Wildman–Crippen MR) is 189 cm³/mol. The van der Waals surface area contributed by atoms with E-state index in [1.54, 1.807) is 0 Å². The van der Waals surface area contributed by atoms with Crippen LogP contribution in [-0.4, -0.2) is 103 Å². The Morgan fingerprint density at radius 3 is 1.65 bits per heavy atom. The lowest BCUT2D eigenvalue weighted by Gasteiger charge is -2.32. The van der Waals surface area contributed by atoms with E-state index in [0.29, 0.717) is 6.61 Å². The summed E-state index contributed by atoms with van der Waals surface area (Å²) >= 11 is 3.51. The second-order valence-corrected chi connectivity index (χ2v) is 14.8. The topological polar surface area (TPSA) is 83.9 Å². The van der Waals surface area contributed by atoms with Crippen molar-refractivity contribution in [3.05, 3.63) is 52.0 Å². The van der Waals surface area contributed by atoms with Crippen LogP contribution in [0.15, 0.2) is 40.9 Å². The maximum atomic E-state index is 9.59. The standard InChI is InChI=1S/C21H34BNO4.C15H22BrNO2/c1-16-18(22-26-20(2,3)21(4,5)27-22)8-6-9-19(16)25-15-7-12-23-13-10-17(24)11-14-23;1-12-14(16)4-2-5-15(12)19-11-3-8-17-9-6-13(18)7-10-17/h6,8-9,17,24H,7,10-15H2,1-5H3;2,4-5,13,18H,3,6-11H2,1H3. The predicted octanol–water partition coefficient (Wildman–Crippen LogP) is 5.50. The normalized spacial score (nSPS) is 20.8. The number of likely N-dealkylation sites (tertiary alicyclic amines) is 2. The molecule has 2 aromatic rings. The molecule has 0 bridgehead atoms. The first-order valence-corrected chi connectivity index (χ1v) is 17.9. The minimum Gasteiger partial charge on any atom is -0.493 e. The highest BCUT2D eigenvalue weighted by Crippen LogP contribution is 2.37. The molecule has 0 aliphatic carbocycles. The molecule has 3 fully saturated rings. The van der Waals surface area contributed by atoms with Crippen LogP contribution in [-0.2, 0) is 9.31 Å². The molecule has 0 saturated carbocycles. The van der Waals surface area contributed by atoms with Crippen molar-refractivity contribution >= 4 is 28.5 Å². The fourth-order valence-corrected chi connectivity index (χ4v) is 6.33. The monoisotopic (exact) mass is 702 g/mol. The van der Waals surface area contributed by atoms with Gasteiger partial charge in [0.25, 0.3) is 0 Å². The number of benzene rings is 2. The third kappa shape index (κ3) is 10.4. The molecule has 0 aromatic heterocycles. The molecule has 3 aliphatic rings. The Kier molecular flexibility index (Phi) is 13.8. The van der Waals surface area contributed by atoms with Crippen molar-refractivity contribution in [2.24, 2.45) is 0 Å². The summed E-state index contributed by atoms with van der Waals surface area (Å²) in [6.45, 7) is 19.9. The Morgan fingerprint density at radius 2 is 1.17 bits per heavy atom. The Hall–Kier alpha value is -1.66. The largest absolute Gasteiger partial charge is 0.495 e. The van der Waals surface area contributed by atoms with Gasteiger partial charge in [-0.3, -0.25) is 0 Å². The van der Waals surface area contributed by atoms with Gasteiger partial charge in [-0.25, -0.2) is 0 Å². The van der Waals surface area contributed by atoms with Crippen molar-refractivity contribution in [2.75, 3.05) is 52.5 Å². The van der Waals surface area contributed by atoms with Gasteiger partial charge >= 0.3 is 7.12 Å². The molecular formula is C36H56BBrN2O6. The van der Waals surface area contributed by atoms with Crippen molar-refractivity contribution < 1.29 is 29.0 Å². The molecule has 0 unspecified atom stereocenters. The average molecular weight is 704 g/mol. The zero-order valence-electron chi connectivity index (χ0n) is 28.9. The van der Waals surface area contributed by atoms with Gasteiger partial charge in [0.05, 0.1) is 36.6 Å². The SMILES string of the molecule is Cc1c(Br)cccc1OCCCN1CCC(O)CC1.Cc1c(OCCCN2CCC(O)CC2)cccc1B1OC(C)(C)C(C)(C)O1. The van der Waals surface area contributed by atoms with E-state index in [1.807, 2.05) is 30.3 Å². The molecule has 2 aromatic carbocycles. The van der Waals surface area contributed by atoms with Gasteiger partial charge in [-0.05, 0) is 109 Å². The van der Waals surface area contributed by atoms with Crippen LogP contribution in [0.25, 0.3) is 0 Å². The van der Waals surface area contributed by atoms with Crippen LogP contribution in [0.1, 0.15) is 77.3 Å². The zero-order chi connectivity index (χ0) is 33.3. The van der Waals surface area contributed by atoms with Gasteiger partial charge < -0.3 is 38.8 Å². The summed E-state index contributed by atoms with van der Waals surface area (Å²) in [6, 6.07) is 12.1. The molecule has 0 spiro atoms. The minimum atomic E-state index is -0.363. The Bertz CT molecular complexity index is 1210. The Morgan fingerprint density at radius 1 is 0.739 bits per heavy atom. The van der Waals surface area contributed by atoms with E-state index < -0.39 is 0 Å². The van der Waals surface area contributed by atoms with Crippen molar-refractivity contribution in [2.45, 2.75) is 103 Å². The lowest BCUT2D eigenvalue weighted by atomic mass is 9.76. The van der Waals surface area contributed by atoms with E-state index in [0.717, 1.165) is 117 Å². The molecule has 8 nitrogen and oxygen atoms in total. The molecule has 3 aliphatic heterocycles. The van der Waals surface area contributed by atoms with Crippen LogP contribution in [0.2, 0.25) is 0 Å². The summed E-state index contributed by atoms with van der Waals surface area (Å²) in [7, 11) is -0.363. The van der Waals surface area contributed by atoms with Crippen molar-refractivity contribution in [1.29, 1.82) is 0 Å². The van der Waals surface area contributed by atoms with Crippen molar-refractivity contribution in [3.63, 3.8) is 0 Å². The minimum absolute atomic E-state index is 0.0863.